The fourth-order valence-corrected chi connectivity index (χ4v) is 3.81. The number of thioether (sulfide) groups is 1. The first-order chi connectivity index (χ1) is 15.8. The van der Waals surface area contributed by atoms with E-state index in [9.17, 15) is 4.79 Å². The summed E-state index contributed by atoms with van der Waals surface area (Å²) in [5.41, 5.74) is 0.588. The molecule has 3 rings (SSSR count). The number of carbonyl (C=O) groups is 1. The molecule has 0 saturated heterocycles. The predicted octanol–water partition coefficient (Wildman–Crippen LogP) is 5.30. The number of amides is 1. The van der Waals surface area contributed by atoms with Crippen molar-refractivity contribution in [2.24, 2.45) is 0 Å². The van der Waals surface area contributed by atoms with Gasteiger partial charge in [-0.3, -0.25) is 9.36 Å². The minimum atomic E-state index is -0.252. The normalized spacial score (nSPS) is 11.3. The molecule has 3 aromatic rings. The summed E-state index contributed by atoms with van der Waals surface area (Å²) in [6, 6.07) is 14.8. The molecule has 0 aliphatic carbocycles. The highest BCUT2D eigenvalue weighted by atomic mass is 35.5. The van der Waals surface area contributed by atoms with Gasteiger partial charge < -0.3 is 14.8 Å². The van der Waals surface area contributed by atoms with Crippen molar-refractivity contribution in [1.29, 1.82) is 0 Å². The Kier molecular flexibility index (Phi) is 8.63. The Labute approximate surface area is 203 Å². The van der Waals surface area contributed by atoms with Crippen molar-refractivity contribution in [1.82, 2.24) is 20.1 Å². The van der Waals surface area contributed by atoms with E-state index in [0.717, 1.165) is 17.9 Å². The van der Waals surface area contributed by atoms with Crippen LogP contribution in [0.15, 0.2) is 53.7 Å². The second-order valence-electron chi connectivity index (χ2n) is 7.98. The fourth-order valence-electron chi connectivity index (χ4n) is 2.92. The molecule has 33 heavy (non-hydrogen) atoms. The molecule has 0 radical (unpaired) electrons. The Bertz CT molecular complexity index is 1050. The van der Waals surface area contributed by atoms with Crippen LogP contribution in [-0.2, 0) is 11.4 Å². The average Bonchev–Trinajstić information content (AvgIpc) is 3.20. The van der Waals surface area contributed by atoms with Gasteiger partial charge in [-0.15, -0.1) is 10.2 Å². The standard InChI is InChI=1S/C24H29ClN4O3S/c1-5-24(3,4)26-22(30)16-33-23-28-27-21(29(23)18-9-7-17(25)8-10-18)15-32-20-13-11-19(12-14-20)31-6-2/h7-14H,5-6,15-16H2,1-4H3,(H,26,30). The van der Waals surface area contributed by atoms with Gasteiger partial charge in [-0.05, 0) is 75.7 Å². The second-order valence-corrected chi connectivity index (χ2v) is 9.36. The molecule has 0 bridgehead atoms. The number of hydrogen-bond acceptors (Lipinski definition) is 6. The fraction of sp³-hybridized carbons (Fsp3) is 0.375. The topological polar surface area (TPSA) is 78.3 Å². The lowest BCUT2D eigenvalue weighted by Crippen LogP contribution is -2.43. The molecule has 0 aliphatic heterocycles. The molecule has 2 aromatic carbocycles. The summed E-state index contributed by atoms with van der Waals surface area (Å²) in [7, 11) is 0. The average molecular weight is 489 g/mol. The second kappa shape index (κ2) is 11.4. The summed E-state index contributed by atoms with van der Waals surface area (Å²) in [6.45, 7) is 8.81. The van der Waals surface area contributed by atoms with Crippen LogP contribution >= 0.6 is 23.4 Å². The first-order valence-electron chi connectivity index (χ1n) is 10.8. The van der Waals surface area contributed by atoms with E-state index >= 15 is 0 Å². The number of benzene rings is 2. The van der Waals surface area contributed by atoms with E-state index in [1.54, 1.807) is 12.1 Å². The highest BCUT2D eigenvalue weighted by molar-refractivity contribution is 7.99. The van der Waals surface area contributed by atoms with Crippen LogP contribution in [0, 0.1) is 0 Å². The van der Waals surface area contributed by atoms with Gasteiger partial charge in [0.1, 0.15) is 18.1 Å². The number of nitrogens with zero attached hydrogens (tertiary/aromatic N) is 3. The van der Waals surface area contributed by atoms with E-state index < -0.39 is 0 Å². The maximum absolute atomic E-state index is 12.4. The number of carbonyl (C=O) groups excluding carboxylic acids is 1. The van der Waals surface area contributed by atoms with Gasteiger partial charge >= 0.3 is 0 Å². The number of aromatic nitrogens is 3. The third kappa shape index (κ3) is 7.14. The van der Waals surface area contributed by atoms with Crippen LogP contribution in [0.4, 0.5) is 0 Å². The van der Waals surface area contributed by atoms with Crippen LogP contribution in [-0.4, -0.2) is 38.6 Å². The van der Waals surface area contributed by atoms with Gasteiger partial charge in [0.05, 0.1) is 12.4 Å². The molecular formula is C24H29ClN4O3S. The van der Waals surface area contributed by atoms with Crippen LogP contribution in [0.25, 0.3) is 5.69 Å². The lowest BCUT2D eigenvalue weighted by molar-refractivity contribution is -0.120. The molecule has 7 nitrogen and oxygen atoms in total. The van der Waals surface area contributed by atoms with Crippen LogP contribution in [0.1, 0.15) is 39.9 Å². The van der Waals surface area contributed by atoms with E-state index in [4.69, 9.17) is 21.1 Å². The SMILES string of the molecule is CCOc1ccc(OCc2nnc(SCC(=O)NC(C)(C)CC)n2-c2ccc(Cl)cc2)cc1. The van der Waals surface area contributed by atoms with Gasteiger partial charge in [-0.25, -0.2) is 0 Å². The number of halogens is 1. The molecular weight excluding hydrogens is 460 g/mol. The maximum Gasteiger partial charge on any atom is 0.230 e. The van der Waals surface area contributed by atoms with Crippen LogP contribution in [0.5, 0.6) is 11.5 Å². The minimum Gasteiger partial charge on any atom is -0.494 e. The largest absolute Gasteiger partial charge is 0.494 e. The minimum absolute atomic E-state index is 0.0512. The smallest absolute Gasteiger partial charge is 0.230 e. The Morgan fingerprint density at radius 2 is 1.67 bits per heavy atom. The van der Waals surface area contributed by atoms with Crippen LogP contribution < -0.4 is 14.8 Å². The van der Waals surface area contributed by atoms with Gasteiger partial charge in [0, 0.05) is 16.2 Å². The van der Waals surface area contributed by atoms with E-state index in [0.29, 0.717) is 28.4 Å². The molecule has 1 heterocycles. The summed E-state index contributed by atoms with van der Waals surface area (Å²) in [4.78, 5) is 12.4. The van der Waals surface area contributed by atoms with Crippen LogP contribution in [0.3, 0.4) is 0 Å². The summed E-state index contributed by atoms with van der Waals surface area (Å²) < 4.78 is 13.3. The molecule has 0 aliphatic rings. The maximum atomic E-state index is 12.4. The highest BCUT2D eigenvalue weighted by Crippen LogP contribution is 2.25. The number of nitrogens with one attached hydrogen (secondary N) is 1. The highest BCUT2D eigenvalue weighted by Gasteiger charge is 2.20. The molecule has 9 heteroatoms. The predicted molar refractivity (Wildman–Crippen MR) is 132 cm³/mol. The molecule has 1 amide bonds. The van der Waals surface area contributed by atoms with Gasteiger partial charge in [0.25, 0.3) is 0 Å². The molecule has 176 valence electrons. The van der Waals surface area contributed by atoms with E-state index in [1.165, 1.54) is 11.8 Å². The lowest BCUT2D eigenvalue weighted by atomic mass is 10.0. The Hall–Kier alpha value is -2.71. The number of hydrogen-bond donors (Lipinski definition) is 1. The van der Waals surface area contributed by atoms with Crippen LogP contribution in [0.2, 0.25) is 5.02 Å². The van der Waals surface area contributed by atoms with Crippen molar-refractivity contribution in [3.63, 3.8) is 0 Å². The third-order valence-electron chi connectivity index (χ3n) is 4.98. The summed E-state index contributed by atoms with van der Waals surface area (Å²) in [5, 5.41) is 12.9. The Morgan fingerprint density at radius 1 is 1.03 bits per heavy atom. The van der Waals surface area contributed by atoms with Crippen molar-refractivity contribution >= 4 is 29.3 Å². The third-order valence-corrected chi connectivity index (χ3v) is 6.16. The van der Waals surface area contributed by atoms with Gasteiger partial charge in [0.15, 0.2) is 11.0 Å². The number of ether oxygens (including phenoxy) is 2. The molecule has 0 spiro atoms. The number of rotatable bonds is 11. The molecule has 0 saturated carbocycles. The zero-order chi connectivity index (χ0) is 23.8. The van der Waals surface area contributed by atoms with Crippen molar-refractivity contribution in [2.45, 2.75) is 51.4 Å². The quantitative estimate of drug-likeness (QED) is 0.369. The monoisotopic (exact) mass is 488 g/mol. The van der Waals surface area contributed by atoms with Crippen molar-refractivity contribution in [3.8, 4) is 17.2 Å². The van der Waals surface area contributed by atoms with Crippen molar-refractivity contribution in [3.05, 3.63) is 59.4 Å². The zero-order valence-corrected chi connectivity index (χ0v) is 20.9. The molecule has 1 N–H and O–H groups in total. The summed E-state index contributed by atoms with van der Waals surface area (Å²) >= 11 is 7.40. The van der Waals surface area contributed by atoms with E-state index in [-0.39, 0.29) is 23.8 Å². The molecule has 0 unspecified atom stereocenters. The molecule has 0 atom stereocenters. The van der Waals surface area contributed by atoms with Gasteiger partial charge in [-0.2, -0.15) is 0 Å². The summed E-state index contributed by atoms with van der Waals surface area (Å²) in [6.07, 6.45) is 0.845. The van der Waals surface area contributed by atoms with E-state index in [1.807, 2.05) is 68.7 Å². The zero-order valence-electron chi connectivity index (χ0n) is 19.3. The van der Waals surface area contributed by atoms with E-state index in [2.05, 4.69) is 15.5 Å². The first kappa shape index (κ1) is 24.9. The Morgan fingerprint density at radius 3 is 2.27 bits per heavy atom. The Balaban J connectivity index is 1.76. The van der Waals surface area contributed by atoms with Gasteiger partial charge in [0.2, 0.25) is 5.91 Å². The molecule has 1 aromatic heterocycles. The van der Waals surface area contributed by atoms with Gasteiger partial charge in [-0.1, -0.05) is 30.3 Å². The molecule has 0 fully saturated rings. The first-order valence-corrected chi connectivity index (χ1v) is 12.2. The van der Waals surface area contributed by atoms with Crippen molar-refractivity contribution < 1.29 is 14.3 Å². The van der Waals surface area contributed by atoms with Crippen molar-refractivity contribution in [2.75, 3.05) is 12.4 Å². The summed E-state index contributed by atoms with van der Waals surface area (Å²) in [5.74, 6) is 2.28. The lowest BCUT2D eigenvalue weighted by Gasteiger charge is -2.24.